The zero-order valence-corrected chi connectivity index (χ0v) is 18.6. The fraction of sp³-hybridized carbons (Fsp3) is 0.778. The molecule has 1 aromatic heterocycles. The Labute approximate surface area is 169 Å². The third-order valence-corrected chi connectivity index (χ3v) is 4.38. The summed E-state index contributed by atoms with van der Waals surface area (Å²) < 4.78 is 5.80. The zero-order chi connectivity index (χ0) is 17.6. The highest BCUT2D eigenvalue weighted by Gasteiger charge is 2.21. The van der Waals surface area contributed by atoms with E-state index in [0.717, 1.165) is 31.4 Å². The van der Waals surface area contributed by atoms with Gasteiger partial charge < -0.3 is 20.0 Å². The van der Waals surface area contributed by atoms with E-state index in [2.05, 4.69) is 60.1 Å². The van der Waals surface area contributed by atoms with E-state index in [-0.39, 0.29) is 29.4 Å². The second-order valence-electron chi connectivity index (χ2n) is 7.49. The molecule has 0 spiro atoms. The van der Waals surface area contributed by atoms with Crippen molar-refractivity contribution < 1.29 is 4.42 Å². The van der Waals surface area contributed by atoms with Gasteiger partial charge >= 0.3 is 0 Å². The predicted octanol–water partition coefficient (Wildman–Crippen LogP) is 2.99. The van der Waals surface area contributed by atoms with Crippen LogP contribution in [0.5, 0.6) is 0 Å². The van der Waals surface area contributed by atoms with Crippen LogP contribution in [0.3, 0.4) is 0 Å². The average Bonchev–Trinajstić information content (AvgIpc) is 3.18. The molecule has 2 N–H and O–H groups in total. The fourth-order valence-corrected chi connectivity index (χ4v) is 2.83. The predicted molar refractivity (Wildman–Crippen MR) is 114 cm³/mol. The van der Waals surface area contributed by atoms with E-state index >= 15 is 0 Å². The number of hydrogen-bond acceptors (Lipinski definition) is 4. The minimum absolute atomic E-state index is 0. The molecule has 7 heteroatoms. The van der Waals surface area contributed by atoms with Crippen molar-refractivity contribution in [2.45, 2.75) is 53.0 Å². The first kappa shape index (κ1) is 22.2. The van der Waals surface area contributed by atoms with Gasteiger partial charge in [0.1, 0.15) is 12.3 Å². The number of aliphatic imine (C=N–C) groups is 1. The van der Waals surface area contributed by atoms with E-state index in [1.54, 1.807) is 0 Å². The van der Waals surface area contributed by atoms with Gasteiger partial charge in [-0.2, -0.15) is 0 Å². The summed E-state index contributed by atoms with van der Waals surface area (Å²) in [5.41, 5.74) is -0.0225. The maximum atomic E-state index is 5.80. The number of rotatable bonds is 6. The third-order valence-electron chi connectivity index (χ3n) is 4.38. The van der Waals surface area contributed by atoms with Gasteiger partial charge in [-0.15, -0.1) is 24.0 Å². The van der Waals surface area contributed by atoms with Crippen molar-refractivity contribution >= 4 is 29.9 Å². The van der Waals surface area contributed by atoms with Crippen molar-refractivity contribution in [3.8, 4) is 0 Å². The summed E-state index contributed by atoms with van der Waals surface area (Å²) in [6, 6.07) is 0. The van der Waals surface area contributed by atoms with Gasteiger partial charge in [0.05, 0.1) is 6.20 Å². The second kappa shape index (κ2) is 10.4. The molecule has 2 rings (SSSR count). The van der Waals surface area contributed by atoms with Gasteiger partial charge in [-0.25, -0.2) is 9.98 Å². The van der Waals surface area contributed by atoms with Crippen LogP contribution in [-0.2, 0) is 12.0 Å². The van der Waals surface area contributed by atoms with Crippen LogP contribution in [0.25, 0.3) is 0 Å². The van der Waals surface area contributed by atoms with Gasteiger partial charge in [-0.05, 0) is 32.4 Å². The monoisotopic (exact) mass is 463 g/mol. The molecule has 1 aromatic rings. The topological polar surface area (TPSA) is 65.7 Å². The Morgan fingerprint density at radius 2 is 2.12 bits per heavy atom. The van der Waals surface area contributed by atoms with Gasteiger partial charge in [0.15, 0.2) is 5.96 Å². The third kappa shape index (κ3) is 7.13. The van der Waals surface area contributed by atoms with Crippen molar-refractivity contribution in [1.29, 1.82) is 0 Å². The number of aromatic nitrogens is 1. The number of halogens is 1. The van der Waals surface area contributed by atoms with Crippen LogP contribution in [0, 0.1) is 5.92 Å². The van der Waals surface area contributed by atoms with Crippen LogP contribution in [0.15, 0.2) is 15.6 Å². The maximum Gasteiger partial charge on any atom is 0.216 e. The van der Waals surface area contributed by atoms with Crippen LogP contribution in [0.1, 0.15) is 52.7 Å². The number of hydrogen-bond donors (Lipinski definition) is 2. The Kier molecular flexibility index (Phi) is 9.20. The number of guanidine groups is 1. The fourth-order valence-electron chi connectivity index (χ4n) is 2.83. The van der Waals surface area contributed by atoms with Gasteiger partial charge in [0.25, 0.3) is 0 Å². The van der Waals surface area contributed by atoms with E-state index in [9.17, 15) is 0 Å². The SMILES string of the molecule is CCNC(=NCc1ncc(C(C)(C)C)o1)NCC1CCN(CC)C1.I. The van der Waals surface area contributed by atoms with Crippen molar-refractivity contribution in [2.75, 3.05) is 32.7 Å². The van der Waals surface area contributed by atoms with E-state index in [4.69, 9.17) is 4.42 Å². The van der Waals surface area contributed by atoms with E-state index in [1.807, 2.05) is 6.20 Å². The van der Waals surface area contributed by atoms with Crippen molar-refractivity contribution in [1.82, 2.24) is 20.5 Å². The number of likely N-dealkylation sites (tertiary alicyclic amines) is 1. The maximum absolute atomic E-state index is 5.80. The van der Waals surface area contributed by atoms with Crippen molar-refractivity contribution in [3.63, 3.8) is 0 Å². The molecule has 25 heavy (non-hydrogen) atoms. The quantitative estimate of drug-likeness (QED) is 0.386. The first-order chi connectivity index (χ1) is 11.4. The Morgan fingerprint density at radius 3 is 2.68 bits per heavy atom. The first-order valence-corrected chi connectivity index (χ1v) is 9.12. The standard InChI is InChI=1S/C18H33N5O.HI/c1-6-19-17(21-10-14-8-9-23(7-2)13-14)22-12-16-20-11-15(24-16)18(3,4)5;/h11,14H,6-10,12-13H2,1-5H3,(H2,19,21,22);1H. The smallest absolute Gasteiger partial charge is 0.216 e. The molecular formula is C18H34IN5O. The Balaban J connectivity index is 0.00000312. The van der Waals surface area contributed by atoms with E-state index < -0.39 is 0 Å². The van der Waals surface area contributed by atoms with Crippen LogP contribution in [-0.4, -0.2) is 48.6 Å². The lowest BCUT2D eigenvalue weighted by atomic mass is 9.94. The van der Waals surface area contributed by atoms with Crippen molar-refractivity contribution in [3.05, 3.63) is 17.8 Å². The molecule has 1 unspecified atom stereocenters. The highest BCUT2D eigenvalue weighted by molar-refractivity contribution is 14.0. The second-order valence-corrected chi connectivity index (χ2v) is 7.49. The Hall–Kier alpha value is -0.830. The number of nitrogens with one attached hydrogen (secondary N) is 2. The molecule has 1 atom stereocenters. The summed E-state index contributed by atoms with van der Waals surface area (Å²) in [5, 5.41) is 6.75. The minimum atomic E-state index is -0.0225. The molecule has 0 bridgehead atoms. The van der Waals surface area contributed by atoms with Crippen molar-refractivity contribution in [2.24, 2.45) is 10.9 Å². The Morgan fingerprint density at radius 1 is 1.36 bits per heavy atom. The van der Waals surface area contributed by atoms with Crippen LogP contribution in [0.4, 0.5) is 0 Å². The molecule has 0 amide bonds. The Bertz CT molecular complexity index is 538. The molecule has 1 saturated heterocycles. The highest BCUT2D eigenvalue weighted by Crippen LogP contribution is 2.22. The highest BCUT2D eigenvalue weighted by atomic mass is 127. The molecule has 0 aliphatic carbocycles. The molecular weight excluding hydrogens is 429 g/mol. The number of nitrogens with zero attached hydrogens (tertiary/aromatic N) is 3. The normalized spacial score (nSPS) is 18.9. The minimum Gasteiger partial charge on any atom is -0.443 e. The van der Waals surface area contributed by atoms with Crippen LogP contribution in [0.2, 0.25) is 0 Å². The summed E-state index contributed by atoms with van der Waals surface area (Å²) in [7, 11) is 0. The lowest BCUT2D eigenvalue weighted by Crippen LogP contribution is -2.40. The zero-order valence-electron chi connectivity index (χ0n) is 16.3. The summed E-state index contributed by atoms with van der Waals surface area (Å²) in [6.45, 7) is 16.5. The first-order valence-electron chi connectivity index (χ1n) is 9.12. The lowest BCUT2D eigenvalue weighted by molar-refractivity contribution is 0.341. The molecule has 0 saturated carbocycles. The van der Waals surface area contributed by atoms with Crippen LogP contribution >= 0.6 is 24.0 Å². The molecule has 0 radical (unpaired) electrons. The molecule has 144 valence electrons. The molecule has 1 fully saturated rings. The summed E-state index contributed by atoms with van der Waals surface area (Å²) in [4.78, 5) is 11.4. The van der Waals surface area contributed by atoms with Gasteiger partial charge in [0.2, 0.25) is 5.89 Å². The van der Waals surface area contributed by atoms with Gasteiger partial charge in [-0.1, -0.05) is 27.7 Å². The summed E-state index contributed by atoms with van der Waals surface area (Å²) >= 11 is 0. The summed E-state index contributed by atoms with van der Waals surface area (Å²) in [5.74, 6) is 3.09. The molecule has 1 aliphatic heterocycles. The van der Waals surface area contributed by atoms with Gasteiger partial charge in [0, 0.05) is 25.0 Å². The van der Waals surface area contributed by atoms with E-state index in [0.29, 0.717) is 18.4 Å². The van der Waals surface area contributed by atoms with E-state index in [1.165, 1.54) is 19.5 Å². The lowest BCUT2D eigenvalue weighted by Gasteiger charge is -2.16. The molecule has 0 aromatic carbocycles. The summed E-state index contributed by atoms with van der Waals surface area (Å²) in [6.07, 6.45) is 3.07. The largest absolute Gasteiger partial charge is 0.443 e. The van der Waals surface area contributed by atoms with Gasteiger partial charge in [-0.3, -0.25) is 0 Å². The average molecular weight is 463 g/mol. The van der Waals surface area contributed by atoms with Crippen LogP contribution < -0.4 is 10.6 Å². The molecule has 1 aliphatic rings. The molecule has 2 heterocycles. The number of oxazole rings is 1. The molecule has 6 nitrogen and oxygen atoms in total.